The van der Waals surface area contributed by atoms with Gasteiger partial charge in [-0.1, -0.05) is 13.3 Å². The van der Waals surface area contributed by atoms with Crippen LogP contribution in [0.3, 0.4) is 0 Å². The fourth-order valence-corrected chi connectivity index (χ4v) is 3.23. The van der Waals surface area contributed by atoms with E-state index in [0.717, 1.165) is 40.4 Å². The summed E-state index contributed by atoms with van der Waals surface area (Å²) in [6, 6.07) is 10.1. The smallest absolute Gasteiger partial charge is 0.124 e. The number of hydrogen-bond acceptors (Lipinski definition) is 4. The minimum absolute atomic E-state index is 0.859. The molecule has 0 amide bonds. The van der Waals surface area contributed by atoms with Gasteiger partial charge in [-0.3, -0.25) is 4.98 Å². The number of aryl methyl sites for hydroxylation is 1. The minimum Gasteiger partial charge on any atom is -0.497 e. The minimum atomic E-state index is 0.859. The average molecular weight is 310 g/mol. The predicted octanol–water partition coefficient (Wildman–Crippen LogP) is 4.83. The van der Waals surface area contributed by atoms with Crippen molar-refractivity contribution in [1.82, 2.24) is 9.97 Å². The van der Waals surface area contributed by atoms with Crippen LogP contribution in [0.4, 0.5) is 0 Å². The maximum absolute atomic E-state index is 5.20. The molecule has 0 aliphatic rings. The van der Waals surface area contributed by atoms with Crippen molar-refractivity contribution in [3.8, 4) is 27.6 Å². The number of pyridine rings is 1. The van der Waals surface area contributed by atoms with Gasteiger partial charge >= 0.3 is 0 Å². The molecule has 1 aromatic carbocycles. The average Bonchev–Trinajstić information content (AvgIpc) is 3.05. The van der Waals surface area contributed by atoms with Crippen molar-refractivity contribution >= 4 is 11.3 Å². The Hall–Kier alpha value is -2.20. The number of nitrogens with zero attached hydrogens (tertiary/aromatic N) is 2. The van der Waals surface area contributed by atoms with Gasteiger partial charge in [0.2, 0.25) is 0 Å². The largest absolute Gasteiger partial charge is 0.497 e. The third-order valence-corrected chi connectivity index (χ3v) is 4.44. The second kappa shape index (κ2) is 6.71. The highest BCUT2D eigenvalue weighted by Crippen LogP contribution is 2.31. The first-order valence-corrected chi connectivity index (χ1v) is 8.23. The number of ether oxygens (including phenoxy) is 1. The van der Waals surface area contributed by atoms with E-state index in [1.54, 1.807) is 18.4 Å². The molecule has 0 aliphatic carbocycles. The molecule has 2 heterocycles. The van der Waals surface area contributed by atoms with Gasteiger partial charge in [-0.05, 0) is 42.3 Å². The van der Waals surface area contributed by atoms with E-state index in [1.165, 1.54) is 5.56 Å². The maximum Gasteiger partial charge on any atom is 0.124 e. The van der Waals surface area contributed by atoms with Crippen molar-refractivity contribution in [3.63, 3.8) is 0 Å². The van der Waals surface area contributed by atoms with Gasteiger partial charge < -0.3 is 4.74 Å². The normalized spacial score (nSPS) is 10.6. The molecule has 0 spiro atoms. The summed E-state index contributed by atoms with van der Waals surface area (Å²) >= 11 is 1.66. The number of methoxy groups -OCH3 is 1. The molecule has 0 fully saturated rings. The van der Waals surface area contributed by atoms with Crippen LogP contribution in [-0.2, 0) is 6.42 Å². The van der Waals surface area contributed by atoms with E-state index < -0.39 is 0 Å². The Balaban J connectivity index is 1.93. The first-order chi connectivity index (χ1) is 10.8. The molecular formula is C18H18N2OS. The molecule has 3 aromatic rings. The number of thiazole rings is 1. The van der Waals surface area contributed by atoms with E-state index in [2.05, 4.69) is 23.4 Å². The molecule has 2 aromatic heterocycles. The zero-order chi connectivity index (χ0) is 15.4. The van der Waals surface area contributed by atoms with Crippen LogP contribution in [0.25, 0.3) is 21.8 Å². The summed E-state index contributed by atoms with van der Waals surface area (Å²) < 4.78 is 5.20. The van der Waals surface area contributed by atoms with Crippen LogP contribution in [0.15, 0.2) is 48.1 Å². The van der Waals surface area contributed by atoms with Gasteiger partial charge in [0.1, 0.15) is 10.8 Å². The van der Waals surface area contributed by atoms with E-state index >= 15 is 0 Å². The molecular weight excluding hydrogens is 292 g/mol. The van der Waals surface area contributed by atoms with Gasteiger partial charge in [0.05, 0.1) is 12.8 Å². The number of aromatic nitrogens is 2. The zero-order valence-corrected chi connectivity index (χ0v) is 13.6. The summed E-state index contributed by atoms with van der Waals surface area (Å²) in [7, 11) is 1.67. The van der Waals surface area contributed by atoms with E-state index in [1.807, 2.05) is 36.7 Å². The lowest BCUT2D eigenvalue weighted by Gasteiger charge is -2.05. The summed E-state index contributed by atoms with van der Waals surface area (Å²) in [5.41, 5.74) is 4.56. The standard InChI is InChI=1S/C18H18N2OS/c1-3-4-13-9-10-19-11-16(13)17-12-22-18(20-17)14-5-7-15(21-2)8-6-14/h5-12H,3-4H2,1-2H3. The molecule has 0 atom stereocenters. The van der Waals surface area contributed by atoms with Gasteiger partial charge in [-0.2, -0.15) is 0 Å². The topological polar surface area (TPSA) is 35.0 Å². The van der Waals surface area contributed by atoms with Crippen molar-refractivity contribution in [2.45, 2.75) is 19.8 Å². The van der Waals surface area contributed by atoms with Gasteiger partial charge in [0.15, 0.2) is 0 Å². The Morgan fingerprint density at radius 2 is 1.95 bits per heavy atom. The first-order valence-electron chi connectivity index (χ1n) is 7.35. The number of hydrogen-bond donors (Lipinski definition) is 0. The van der Waals surface area contributed by atoms with Gasteiger partial charge in [0.25, 0.3) is 0 Å². The molecule has 112 valence electrons. The molecule has 3 nitrogen and oxygen atoms in total. The van der Waals surface area contributed by atoms with Gasteiger partial charge in [-0.25, -0.2) is 4.98 Å². The number of benzene rings is 1. The van der Waals surface area contributed by atoms with Crippen molar-refractivity contribution in [1.29, 1.82) is 0 Å². The third-order valence-electron chi connectivity index (χ3n) is 3.55. The van der Waals surface area contributed by atoms with Crippen molar-refractivity contribution in [2.75, 3.05) is 7.11 Å². The van der Waals surface area contributed by atoms with Gasteiger partial charge in [-0.15, -0.1) is 11.3 Å². The molecule has 0 saturated carbocycles. The highest BCUT2D eigenvalue weighted by atomic mass is 32.1. The molecule has 0 aliphatic heterocycles. The molecule has 0 radical (unpaired) electrons. The highest BCUT2D eigenvalue weighted by Gasteiger charge is 2.10. The predicted molar refractivity (Wildman–Crippen MR) is 91.3 cm³/mol. The Kier molecular flexibility index (Phi) is 4.49. The Bertz CT molecular complexity index is 750. The van der Waals surface area contributed by atoms with Crippen molar-refractivity contribution in [3.05, 3.63) is 53.7 Å². The summed E-state index contributed by atoms with van der Waals surface area (Å²) in [5, 5.41) is 3.12. The van der Waals surface area contributed by atoms with E-state index in [0.29, 0.717) is 0 Å². The second-order valence-electron chi connectivity index (χ2n) is 5.05. The van der Waals surface area contributed by atoms with Crippen LogP contribution in [0.2, 0.25) is 0 Å². The second-order valence-corrected chi connectivity index (χ2v) is 5.91. The highest BCUT2D eigenvalue weighted by molar-refractivity contribution is 7.13. The van der Waals surface area contributed by atoms with Crippen LogP contribution >= 0.6 is 11.3 Å². The SMILES string of the molecule is CCCc1ccncc1-c1csc(-c2ccc(OC)cc2)n1. The number of rotatable bonds is 5. The van der Waals surface area contributed by atoms with Crippen LogP contribution in [0.1, 0.15) is 18.9 Å². The molecule has 3 rings (SSSR count). The van der Waals surface area contributed by atoms with Gasteiger partial charge in [0, 0.05) is 28.9 Å². The lowest BCUT2D eigenvalue weighted by Crippen LogP contribution is -1.91. The molecule has 0 bridgehead atoms. The van der Waals surface area contributed by atoms with E-state index in [-0.39, 0.29) is 0 Å². The third kappa shape index (κ3) is 3.02. The van der Waals surface area contributed by atoms with Crippen molar-refractivity contribution < 1.29 is 4.74 Å². The van der Waals surface area contributed by atoms with Crippen LogP contribution in [0, 0.1) is 0 Å². The van der Waals surface area contributed by atoms with Crippen LogP contribution in [0.5, 0.6) is 5.75 Å². The Morgan fingerprint density at radius 3 is 2.68 bits per heavy atom. The summed E-state index contributed by atoms with van der Waals surface area (Å²) in [6.45, 7) is 2.19. The fourth-order valence-electron chi connectivity index (χ4n) is 2.40. The Labute approximate surface area is 134 Å². The Morgan fingerprint density at radius 1 is 1.14 bits per heavy atom. The summed E-state index contributed by atoms with van der Waals surface area (Å²) in [5.74, 6) is 0.859. The van der Waals surface area contributed by atoms with Crippen molar-refractivity contribution in [2.24, 2.45) is 0 Å². The summed E-state index contributed by atoms with van der Waals surface area (Å²) in [6.07, 6.45) is 5.93. The molecule has 4 heteroatoms. The van der Waals surface area contributed by atoms with Crippen LogP contribution in [-0.4, -0.2) is 17.1 Å². The fraction of sp³-hybridized carbons (Fsp3) is 0.222. The van der Waals surface area contributed by atoms with Crippen LogP contribution < -0.4 is 4.74 Å². The molecule has 0 N–H and O–H groups in total. The lowest BCUT2D eigenvalue weighted by molar-refractivity contribution is 0.415. The molecule has 0 saturated heterocycles. The molecule has 0 unspecified atom stereocenters. The molecule has 22 heavy (non-hydrogen) atoms. The lowest BCUT2D eigenvalue weighted by atomic mass is 10.0. The first kappa shape index (κ1) is 14.7. The monoisotopic (exact) mass is 310 g/mol. The quantitative estimate of drug-likeness (QED) is 0.677. The summed E-state index contributed by atoms with van der Waals surface area (Å²) in [4.78, 5) is 9.04. The maximum atomic E-state index is 5.20. The van der Waals surface area contributed by atoms with E-state index in [9.17, 15) is 0 Å². The van der Waals surface area contributed by atoms with E-state index in [4.69, 9.17) is 9.72 Å². The zero-order valence-electron chi connectivity index (χ0n) is 12.7.